The number of anilines is 4. The summed E-state index contributed by atoms with van der Waals surface area (Å²) in [5.41, 5.74) is 14.2. The zero-order chi connectivity index (χ0) is 39.9. The molecule has 6 nitrogen and oxygen atoms in total. The summed E-state index contributed by atoms with van der Waals surface area (Å²) in [6.07, 6.45) is 5.61. The number of aromatic nitrogens is 3. The standard InChI is InChI=1S/C51H44BN5O.Pt/c1-34-16-14-17-35(2)48(34)52-56(38-20-12-9-13-21-38)43-27-25-40(32-46(43)57(52)47-30-36(28-29-53-47)50(3,4)5)58-39-24-26-41-45(31-39)55-33-54(37-18-10-8-11-19-37)44-23-15-22-42(49(44)55)51(41,6)7;/h8-30H,1-7H3;/q-2;. The minimum absolute atomic E-state index is 0. The van der Waals surface area contributed by atoms with Crippen molar-refractivity contribution in [3.8, 4) is 22.9 Å². The fourth-order valence-electron chi connectivity index (χ4n) is 8.94. The van der Waals surface area contributed by atoms with Crippen LogP contribution in [-0.2, 0) is 31.9 Å². The number of rotatable bonds is 6. The first-order chi connectivity index (χ1) is 28.0. The van der Waals surface area contributed by atoms with E-state index in [9.17, 15) is 0 Å². The molecule has 294 valence electrons. The van der Waals surface area contributed by atoms with Crippen LogP contribution in [0.3, 0.4) is 0 Å². The maximum atomic E-state index is 6.79. The monoisotopic (exact) mass is 948 g/mol. The molecule has 59 heavy (non-hydrogen) atoms. The van der Waals surface area contributed by atoms with E-state index in [-0.39, 0.29) is 38.9 Å². The van der Waals surface area contributed by atoms with Crippen molar-refractivity contribution in [1.82, 2.24) is 9.55 Å². The zero-order valence-electron chi connectivity index (χ0n) is 34.3. The maximum absolute atomic E-state index is 6.79. The van der Waals surface area contributed by atoms with Gasteiger partial charge < -0.3 is 18.9 Å². The van der Waals surface area contributed by atoms with Gasteiger partial charge in [-0.1, -0.05) is 130 Å². The van der Waals surface area contributed by atoms with Gasteiger partial charge in [-0.15, -0.1) is 35.9 Å². The molecule has 2 aromatic heterocycles. The molecule has 0 fully saturated rings. The SMILES string of the molecule is Cc1cccc(C)c1B1N(c2cc(C(C)(C)C)ccn2)c2[c-]c(Oc3[c-]c4c(cc3)C(C)(C)c3cccc5c3n-4[c-][n+]5-c3ccccc3)ccc2N1c1ccccc1.[Pt]. The number of hydrogen-bond donors (Lipinski definition) is 0. The summed E-state index contributed by atoms with van der Waals surface area (Å²) < 4.78 is 11.1. The first-order valence-electron chi connectivity index (χ1n) is 20.0. The Morgan fingerprint density at radius 3 is 2.07 bits per heavy atom. The minimum Gasteiger partial charge on any atom is -0.510 e. The van der Waals surface area contributed by atoms with E-state index in [1.807, 2.05) is 24.4 Å². The molecule has 0 unspecified atom stereocenters. The van der Waals surface area contributed by atoms with Crippen molar-refractivity contribution in [2.45, 2.75) is 59.3 Å². The molecular weight excluding hydrogens is 904 g/mol. The van der Waals surface area contributed by atoms with Gasteiger partial charge in [0, 0.05) is 44.4 Å². The molecule has 0 aliphatic carbocycles. The topological polar surface area (TPSA) is 37.4 Å². The molecule has 0 saturated heterocycles. The second-order valence-corrected chi connectivity index (χ2v) is 17.1. The van der Waals surface area contributed by atoms with E-state index >= 15 is 0 Å². The van der Waals surface area contributed by atoms with Gasteiger partial charge in [-0.2, -0.15) is 6.07 Å². The average molecular weight is 949 g/mol. The summed E-state index contributed by atoms with van der Waals surface area (Å²) in [5, 5.41) is 0. The molecule has 0 atom stereocenters. The number of benzene rings is 6. The van der Waals surface area contributed by atoms with Crippen LogP contribution in [0.1, 0.15) is 62.4 Å². The van der Waals surface area contributed by atoms with Gasteiger partial charge in [0.15, 0.2) is 0 Å². The summed E-state index contributed by atoms with van der Waals surface area (Å²) in [4.78, 5) is 9.81. The summed E-state index contributed by atoms with van der Waals surface area (Å²) >= 11 is 0. The predicted octanol–water partition coefficient (Wildman–Crippen LogP) is 10.7. The molecule has 0 bridgehead atoms. The summed E-state index contributed by atoms with van der Waals surface area (Å²) in [7, 11) is 0. The molecule has 2 aliphatic rings. The third-order valence-corrected chi connectivity index (χ3v) is 11.9. The van der Waals surface area contributed by atoms with Crippen molar-refractivity contribution < 1.29 is 30.4 Å². The van der Waals surface area contributed by atoms with Crippen LogP contribution in [0.15, 0.2) is 140 Å². The Morgan fingerprint density at radius 1 is 0.695 bits per heavy atom. The molecule has 0 amide bonds. The number of imidazole rings is 1. The second kappa shape index (κ2) is 14.4. The third kappa shape index (κ3) is 6.30. The van der Waals surface area contributed by atoms with Gasteiger partial charge in [0.1, 0.15) is 5.82 Å². The van der Waals surface area contributed by atoms with E-state index in [0.717, 1.165) is 50.9 Å². The van der Waals surface area contributed by atoms with Crippen LogP contribution in [0.2, 0.25) is 0 Å². The van der Waals surface area contributed by atoms with E-state index in [2.05, 4.69) is 201 Å². The molecule has 0 radical (unpaired) electrons. The van der Waals surface area contributed by atoms with Crippen LogP contribution in [0.25, 0.3) is 22.4 Å². The number of ether oxygens (including phenoxy) is 1. The predicted molar refractivity (Wildman–Crippen MR) is 235 cm³/mol. The third-order valence-electron chi connectivity index (χ3n) is 11.9. The van der Waals surface area contributed by atoms with Gasteiger partial charge in [-0.3, -0.25) is 4.57 Å². The number of fused-ring (bicyclic) bond motifs is 3. The van der Waals surface area contributed by atoms with Crippen LogP contribution >= 0.6 is 0 Å². The Bertz CT molecular complexity index is 2860. The van der Waals surface area contributed by atoms with Crippen LogP contribution in [0.4, 0.5) is 22.9 Å². The van der Waals surface area contributed by atoms with Gasteiger partial charge in [0.2, 0.25) is 0 Å². The first-order valence-corrected chi connectivity index (χ1v) is 20.0. The molecule has 10 rings (SSSR count). The van der Waals surface area contributed by atoms with Gasteiger partial charge in [-0.25, -0.2) is 4.98 Å². The van der Waals surface area contributed by atoms with Gasteiger partial charge in [-0.05, 0) is 83.4 Å². The summed E-state index contributed by atoms with van der Waals surface area (Å²) in [5.74, 6) is 2.06. The number of aryl methyl sites for hydroxylation is 2. The molecule has 0 N–H and O–H groups in total. The summed E-state index contributed by atoms with van der Waals surface area (Å²) in [6.45, 7) is 15.5. The number of hydrogen-bond acceptors (Lipinski definition) is 4. The smallest absolute Gasteiger partial charge is 0.409 e. The minimum atomic E-state index is -0.265. The Labute approximate surface area is 362 Å². The van der Waals surface area contributed by atoms with Crippen LogP contribution in [0.5, 0.6) is 11.5 Å². The fraction of sp³-hybridized carbons (Fsp3) is 0.176. The Morgan fingerprint density at radius 2 is 1.36 bits per heavy atom. The largest absolute Gasteiger partial charge is 0.510 e. The van der Waals surface area contributed by atoms with Crippen molar-refractivity contribution in [2.24, 2.45) is 0 Å². The van der Waals surface area contributed by atoms with Crippen molar-refractivity contribution in [3.05, 3.63) is 186 Å². The van der Waals surface area contributed by atoms with E-state index in [1.165, 1.54) is 27.7 Å². The van der Waals surface area contributed by atoms with Gasteiger partial charge in [0.25, 0.3) is 6.33 Å². The van der Waals surface area contributed by atoms with Crippen molar-refractivity contribution in [2.75, 3.05) is 9.62 Å². The zero-order valence-corrected chi connectivity index (χ0v) is 36.6. The molecule has 0 spiro atoms. The van der Waals surface area contributed by atoms with Crippen molar-refractivity contribution in [3.63, 3.8) is 0 Å². The van der Waals surface area contributed by atoms with Crippen LogP contribution in [-0.4, -0.2) is 16.5 Å². The molecule has 4 heterocycles. The fourth-order valence-corrected chi connectivity index (χ4v) is 8.94. The average Bonchev–Trinajstić information content (AvgIpc) is 3.77. The second-order valence-electron chi connectivity index (χ2n) is 17.1. The summed E-state index contributed by atoms with van der Waals surface area (Å²) in [6, 6.07) is 54.3. The van der Waals surface area contributed by atoms with Gasteiger partial charge >= 0.3 is 6.98 Å². The maximum Gasteiger partial charge on any atom is 0.409 e. The van der Waals surface area contributed by atoms with E-state index in [0.29, 0.717) is 11.5 Å². The molecule has 8 aromatic rings. The van der Waals surface area contributed by atoms with Gasteiger partial charge in [0.05, 0.1) is 16.7 Å². The molecule has 2 aliphatic heterocycles. The molecule has 8 heteroatoms. The Hall–Kier alpha value is -5.91. The van der Waals surface area contributed by atoms with Crippen LogP contribution in [0, 0.1) is 32.3 Å². The van der Waals surface area contributed by atoms with Crippen LogP contribution < -0.4 is 24.4 Å². The van der Waals surface area contributed by atoms with E-state index < -0.39 is 0 Å². The molecular formula is C51H44BN5OPt-2. The molecule has 0 saturated carbocycles. The van der Waals surface area contributed by atoms with E-state index in [1.54, 1.807) is 0 Å². The normalized spacial score (nSPS) is 13.9. The molecule has 6 aromatic carbocycles. The Balaban J connectivity index is 0.00000449. The number of pyridine rings is 1. The number of nitrogens with zero attached hydrogens (tertiary/aromatic N) is 5. The first kappa shape index (κ1) is 38.6. The van der Waals surface area contributed by atoms with Crippen molar-refractivity contribution in [1.29, 1.82) is 0 Å². The quantitative estimate of drug-likeness (QED) is 0.0946. The van der Waals surface area contributed by atoms with E-state index in [4.69, 9.17) is 9.72 Å². The Kier molecular flexibility index (Phi) is 9.44. The van der Waals surface area contributed by atoms with Crippen molar-refractivity contribution >= 4 is 46.4 Å². The number of para-hydroxylation sites is 3.